The molecule has 1 aliphatic carbocycles. The van der Waals surface area contributed by atoms with Crippen LogP contribution in [0, 0.1) is 0 Å². The molecule has 2 aromatic rings. The van der Waals surface area contributed by atoms with Crippen molar-refractivity contribution in [3.63, 3.8) is 0 Å². The number of rotatable bonds is 4. The van der Waals surface area contributed by atoms with Gasteiger partial charge in [0.2, 0.25) is 5.91 Å². The smallest absolute Gasteiger partial charge is 0.220 e. The maximum absolute atomic E-state index is 11.5. The molecular weight excluding hydrogens is 302 g/mol. The molecule has 124 valence electrons. The maximum atomic E-state index is 11.5. The topological polar surface area (TPSA) is 79.8 Å². The summed E-state index contributed by atoms with van der Waals surface area (Å²) in [4.78, 5) is 25.3. The number of pyridine rings is 1. The van der Waals surface area contributed by atoms with Crippen LogP contribution in [0.25, 0.3) is 11.5 Å². The van der Waals surface area contributed by atoms with Crippen LogP contribution in [0.1, 0.15) is 36.9 Å². The number of carbonyl (C=O) groups excluding carboxylic acids is 1. The van der Waals surface area contributed by atoms with Crippen LogP contribution in [0.2, 0.25) is 0 Å². The number of piperidine rings is 1. The number of hydrogen-bond acceptors (Lipinski definition) is 5. The Kier molecular flexibility index (Phi) is 4.11. The molecule has 1 aliphatic heterocycles. The molecule has 0 bridgehead atoms. The first-order chi connectivity index (χ1) is 11.8. The van der Waals surface area contributed by atoms with Crippen molar-refractivity contribution >= 4 is 11.7 Å². The predicted octanol–water partition coefficient (Wildman–Crippen LogP) is 2.11. The Balaban J connectivity index is 1.57. The number of fused-ring (bicyclic) bond motifs is 1. The number of carbonyl (C=O) groups is 1. The van der Waals surface area contributed by atoms with Crippen LogP contribution in [0.4, 0.5) is 5.82 Å². The monoisotopic (exact) mass is 323 g/mol. The minimum absolute atomic E-state index is 0.148. The zero-order valence-corrected chi connectivity index (χ0v) is 13.6. The highest BCUT2D eigenvalue weighted by Gasteiger charge is 2.22. The van der Waals surface area contributed by atoms with Crippen molar-refractivity contribution in [1.29, 1.82) is 0 Å². The molecule has 0 aromatic carbocycles. The molecule has 1 atom stereocenters. The minimum atomic E-state index is 0.148. The van der Waals surface area contributed by atoms with Crippen LogP contribution >= 0.6 is 0 Å². The molecule has 3 heterocycles. The summed E-state index contributed by atoms with van der Waals surface area (Å²) in [6.07, 6.45) is 7.49. The van der Waals surface area contributed by atoms with Crippen LogP contribution in [0.3, 0.4) is 0 Å². The van der Waals surface area contributed by atoms with Gasteiger partial charge in [0.1, 0.15) is 11.5 Å². The summed E-state index contributed by atoms with van der Waals surface area (Å²) < 4.78 is 0. The SMILES string of the molecule is O=C1CCC[C@H](CNc2nc(-c3ccccn3)nc3c2CCC3)N1. The molecule has 0 radical (unpaired) electrons. The van der Waals surface area contributed by atoms with Crippen molar-refractivity contribution in [2.24, 2.45) is 0 Å². The summed E-state index contributed by atoms with van der Waals surface area (Å²) in [6.45, 7) is 0.705. The highest BCUT2D eigenvalue weighted by molar-refractivity contribution is 5.77. The lowest BCUT2D eigenvalue weighted by atomic mass is 10.0. The fourth-order valence-corrected chi connectivity index (χ4v) is 3.44. The van der Waals surface area contributed by atoms with Crippen LogP contribution < -0.4 is 10.6 Å². The first-order valence-corrected chi connectivity index (χ1v) is 8.64. The van der Waals surface area contributed by atoms with Gasteiger partial charge in [0.15, 0.2) is 5.82 Å². The molecule has 2 aromatic heterocycles. The molecule has 2 N–H and O–H groups in total. The van der Waals surface area contributed by atoms with Gasteiger partial charge in [-0.25, -0.2) is 9.97 Å². The van der Waals surface area contributed by atoms with E-state index in [4.69, 9.17) is 9.97 Å². The van der Waals surface area contributed by atoms with E-state index in [1.807, 2.05) is 18.2 Å². The highest BCUT2D eigenvalue weighted by atomic mass is 16.1. The molecule has 6 heteroatoms. The molecule has 0 saturated carbocycles. The van der Waals surface area contributed by atoms with Gasteiger partial charge in [0, 0.05) is 36.5 Å². The van der Waals surface area contributed by atoms with Gasteiger partial charge in [0.25, 0.3) is 0 Å². The van der Waals surface area contributed by atoms with E-state index in [0.29, 0.717) is 18.8 Å². The van der Waals surface area contributed by atoms with Crippen molar-refractivity contribution < 1.29 is 4.79 Å². The van der Waals surface area contributed by atoms with Gasteiger partial charge < -0.3 is 10.6 Å². The Morgan fingerprint density at radius 1 is 1.17 bits per heavy atom. The standard InChI is InChI=1S/C18H21N5O/c24-16-9-3-5-12(21-16)11-20-17-13-6-4-8-14(13)22-18(23-17)15-7-1-2-10-19-15/h1-2,7,10,12H,3-6,8-9,11H2,(H,21,24)(H,20,22,23)/t12-/m1/s1. The molecule has 2 aliphatic rings. The third-order valence-corrected chi connectivity index (χ3v) is 4.66. The minimum Gasteiger partial charge on any atom is -0.368 e. The Morgan fingerprint density at radius 2 is 2.12 bits per heavy atom. The van der Waals surface area contributed by atoms with Gasteiger partial charge in [-0.1, -0.05) is 6.07 Å². The first-order valence-electron chi connectivity index (χ1n) is 8.64. The number of aromatic nitrogens is 3. The van der Waals surface area contributed by atoms with E-state index < -0.39 is 0 Å². The number of nitrogens with one attached hydrogen (secondary N) is 2. The Morgan fingerprint density at radius 3 is 2.96 bits per heavy atom. The van der Waals surface area contributed by atoms with Crippen LogP contribution in [0.15, 0.2) is 24.4 Å². The van der Waals surface area contributed by atoms with E-state index >= 15 is 0 Å². The Hall–Kier alpha value is -2.50. The van der Waals surface area contributed by atoms with Gasteiger partial charge in [-0.2, -0.15) is 0 Å². The largest absolute Gasteiger partial charge is 0.368 e. The van der Waals surface area contributed by atoms with Crippen molar-refractivity contribution in [3.05, 3.63) is 35.7 Å². The average Bonchev–Trinajstić information content (AvgIpc) is 3.09. The van der Waals surface area contributed by atoms with E-state index in [2.05, 4.69) is 15.6 Å². The summed E-state index contributed by atoms with van der Waals surface area (Å²) in [5, 5.41) is 6.50. The zero-order valence-electron chi connectivity index (χ0n) is 13.6. The van der Waals surface area contributed by atoms with Gasteiger partial charge >= 0.3 is 0 Å². The molecule has 1 amide bonds. The second-order valence-electron chi connectivity index (χ2n) is 6.43. The van der Waals surface area contributed by atoms with E-state index in [-0.39, 0.29) is 11.9 Å². The van der Waals surface area contributed by atoms with E-state index in [1.54, 1.807) is 6.20 Å². The Labute approximate surface area is 141 Å². The van der Waals surface area contributed by atoms with Crippen molar-refractivity contribution in [2.75, 3.05) is 11.9 Å². The molecule has 0 spiro atoms. The summed E-state index contributed by atoms with van der Waals surface area (Å²) in [7, 11) is 0. The summed E-state index contributed by atoms with van der Waals surface area (Å²) in [5.74, 6) is 1.72. The fraction of sp³-hybridized carbons (Fsp3) is 0.444. The normalized spacial score (nSPS) is 19.7. The quantitative estimate of drug-likeness (QED) is 0.901. The third-order valence-electron chi connectivity index (χ3n) is 4.66. The average molecular weight is 323 g/mol. The molecule has 0 unspecified atom stereocenters. The van der Waals surface area contributed by atoms with Gasteiger partial charge in [-0.05, 0) is 44.2 Å². The lowest BCUT2D eigenvalue weighted by Crippen LogP contribution is -2.43. The van der Waals surface area contributed by atoms with Crippen molar-refractivity contribution in [1.82, 2.24) is 20.3 Å². The zero-order chi connectivity index (χ0) is 16.4. The summed E-state index contributed by atoms with van der Waals surface area (Å²) in [5.41, 5.74) is 3.14. The molecule has 6 nitrogen and oxygen atoms in total. The first kappa shape index (κ1) is 15.1. The van der Waals surface area contributed by atoms with Crippen molar-refractivity contribution in [2.45, 2.75) is 44.6 Å². The maximum Gasteiger partial charge on any atom is 0.220 e. The predicted molar refractivity (Wildman–Crippen MR) is 91.6 cm³/mol. The second-order valence-corrected chi connectivity index (χ2v) is 6.43. The van der Waals surface area contributed by atoms with E-state index in [1.165, 1.54) is 5.56 Å². The molecular formula is C18H21N5O. The van der Waals surface area contributed by atoms with E-state index in [9.17, 15) is 4.79 Å². The molecule has 24 heavy (non-hydrogen) atoms. The fourth-order valence-electron chi connectivity index (χ4n) is 3.44. The lowest BCUT2D eigenvalue weighted by Gasteiger charge is -2.24. The number of hydrogen-bond donors (Lipinski definition) is 2. The number of anilines is 1. The van der Waals surface area contributed by atoms with Crippen molar-refractivity contribution in [3.8, 4) is 11.5 Å². The van der Waals surface area contributed by atoms with Gasteiger partial charge in [-0.3, -0.25) is 9.78 Å². The summed E-state index contributed by atoms with van der Waals surface area (Å²) >= 11 is 0. The molecule has 4 rings (SSSR count). The van der Waals surface area contributed by atoms with Crippen LogP contribution in [-0.2, 0) is 17.6 Å². The lowest BCUT2D eigenvalue weighted by molar-refractivity contribution is -0.123. The number of nitrogens with zero attached hydrogens (tertiary/aromatic N) is 3. The second kappa shape index (κ2) is 6.55. The van der Waals surface area contributed by atoms with E-state index in [0.717, 1.165) is 49.3 Å². The summed E-state index contributed by atoms with van der Waals surface area (Å²) in [6, 6.07) is 5.95. The third kappa shape index (κ3) is 3.09. The number of aryl methyl sites for hydroxylation is 1. The van der Waals surface area contributed by atoms with Crippen LogP contribution in [-0.4, -0.2) is 33.4 Å². The highest BCUT2D eigenvalue weighted by Crippen LogP contribution is 2.28. The molecule has 1 fully saturated rings. The Bertz CT molecular complexity index is 747. The van der Waals surface area contributed by atoms with Gasteiger partial charge in [-0.15, -0.1) is 0 Å². The van der Waals surface area contributed by atoms with Crippen LogP contribution in [0.5, 0.6) is 0 Å². The van der Waals surface area contributed by atoms with Gasteiger partial charge in [0.05, 0.1) is 0 Å². The molecule has 1 saturated heterocycles. The number of amides is 1.